The summed E-state index contributed by atoms with van der Waals surface area (Å²) < 4.78 is 5.26. The number of rotatable bonds is 12. The number of ether oxygens (including phenoxy) is 1. The van der Waals surface area contributed by atoms with Crippen LogP contribution in [0.2, 0.25) is 0 Å². The molecule has 0 bridgehead atoms. The first-order valence-electron chi connectivity index (χ1n) is 8.14. The quantitative estimate of drug-likeness (QED) is 0.451. The van der Waals surface area contributed by atoms with Gasteiger partial charge in [-0.1, -0.05) is 0 Å². The van der Waals surface area contributed by atoms with E-state index in [2.05, 4.69) is 0 Å². The molecule has 0 aliphatic rings. The smallest absolute Gasteiger partial charge is 0.320 e. The van der Waals surface area contributed by atoms with Gasteiger partial charge in [-0.05, 0) is 34.9 Å². The van der Waals surface area contributed by atoms with E-state index in [4.69, 9.17) is 14.9 Å². The summed E-state index contributed by atoms with van der Waals surface area (Å²) in [6.45, 7) is 7.19. The molecule has 0 aromatic carbocycles. The zero-order valence-electron chi connectivity index (χ0n) is 15.8. The van der Waals surface area contributed by atoms with Crippen molar-refractivity contribution in [2.24, 2.45) is 0 Å². The van der Waals surface area contributed by atoms with Crippen molar-refractivity contribution in [3.63, 3.8) is 0 Å². The van der Waals surface area contributed by atoms with Crippen LogP contribution < -0.4 is 0 Å². The molecular formula is C16H31N3O6. The van der Waals surface area contributed by atoms with E-state index in [0.717, 1.165) is 0 Å². The third-order valence-corrected chi connectivity index (χ3v) is 3.20. The molecule has 0 rings (SSSR count). The fourth-order valence-electron chi connectivity index (χ4n) is 2.04. The third-order valence-electron chi connectivity index (χ3n) is 3.20. The van der Waals surface area contributed by atoms with Crippen LogP contribution in [-0.2, 0) is 19.1 Å². The number of carbonyl (C=O) groups is 3. The van der Waals surface area contributed by atoms with Gasteiger partial charge in [0.1, 0.15) is 5.60 Å². The Hall–Kier alpha value is -1.71. The first-order chi connectivity index (χ1) is 11.4. The van der Waals surface area contributed by atoms with Gasteiger partial charge in [-0.15, -0.1) is 0 Å². The maximum Gasteiger partial charge on any atom is 0.320 e. The van der Waals surface area contributed by atoms with Gasteiger partial charge in [-0.2, -0.15) is 0 Å². The van der Waals surface area contributed by atoms with Gasteiger partial charge >= 0.3 is 17.9 Å². The normalized spacial score (nSPS) is 12.0. The number of carboxylic acid groups (broad SMARTS) is 2. The van der Waals surface area contributed by atoms with Crippen LogP contribution >= 0.6 is 0 Å². The number of aliphatic carboxylic acids is 2. The number of nitrogens with zero attached hydrogens (tertiary/aromatic N) is 3. The van der Waals surface area contributed by atoms with E-state index >= 15 is 0 Å². The van der Waals surface area contributed by atoms with Crippen molar-refractivity contribution in [2.45, 2.75) is 26.4 Å². The lowest BCUT2D eigenvalue weighted by Gasteiger charge is -2.25. The maximum absolute atomic E-state index is 11.7. The van der Waals surface area contributed by atoms with Gasteiger partial charge in [-0.25, -0.2) is 0 Å². The summed E-state index contributed by atoms with van der Waals surface area (Å²) in [5.41, 5.74) is -0.507. The molecule has 0 atom stereocenters. The lowest BCUT2D eigenvalue weighted by atomic mass is 10.2. The zero-order chi connectivity index (χ0) is 19.6. The highest BCUT2D eigenvalue weighted by atomic mass is 16.6. The molecule has 0 spiro atoms. The fraction of sp³-hybridized carbons (Fsp3) is 0.812. The first-order valence-corrected chi connectivity index (χ1v) is 8.14. The van der Waals surface area contributed by atoms with Crippen molar-refractivity contribution >= 4 is 17.9 Å². The topological polar surface area (TPSA) is 111 Å². The minimum atomic E-state index is -1.05. The summed E-state index contributed by atoms with van der Waals surface area (Å²) in [7, 11) is 3.68. The highest BCUT2D eigenvalue weighted by Crippen LogP contribution is 2.07. The van der Waals surface area contributed by atoms with E-state index < -0.39 is 17.5 Å². The zero-order valence-corrected chi connectivity index (χ0v) is 15.8. The molecule has 0 saturated carbocycles. The lowest BCUT2D eigenvalue weighted by molar-refractivity contribution is -0.155. The Morgan fingerprint density at radius 2 is 1.24 bits per heavy atom. The van der Waals surface area contributed by atoms with Gasteiger partial charge < -0.3 is 19.8 Å². The Labute approximate surface area is 149 Å². The summed E-state index contributed by atoms with van der Waals surface area (Å²) in [4.78, 5) is 38.4. The molecule has 2 N–H and O–H groups in total. The van der Waals surface area contributed by atoms with Crippen molar-refractivity contribution in [1.82, 2.24) is 14.7 Å². The Kier molecular flexibility index (Phi) is 10.3. The lowest BCUT2D eigenvalue weighted by Crippen LogP contribution is -2.41. The Morgan fingerprint density at radius 3 is 1.68 bits per heavy atom. The number of hydrogen-bond acceptors (Lipinski definition) is 7. The summed E-state index contributed by atoms with van der Waals surface area (Å²) >= 11 is 0. The van der Waals surface area contributed by atoms with E-state index in [1.165, 1.54) is 4.90 Å². The average molecular weight is 361 g/mol. The molecule has 0 saturated heterocycles. The summed E-state index contributed by atoms with van der Waals surface area (Å²) in [5, 5.41) is 17.6. The van der Waals surface area contributed by atoms with Crippen molar-refractivity contribution in [1.29, 1.82) is 0 Å². The molecule has 25 heavy (non-hydrogen) atoms. The number of carboxylic acids is 2. The van der Waals surface area contributed by atoms with E-state index in [0.29, 0.717) is 26.2 Å². The number of esters is 1. The summed E-state index contributed by atoms with van der Waals surface area (Å²) in [5.74, 6) is -2.39. The van der Waals surface area contributed by atoms with Gasteiger partial charge in [0, 0.05) is 26.2 Å². The molecule has 0 amide bonds. The van der Waals surface area contributed by atoms with Gasteiger partial charge in [0.05, 0.1) is 19.6 Å². The van der Waals surface area contributed by atoms with Gasteiger partial charge in [-0.3, -0.25) is 24.2 Å². The van der Waals surface area contributed by atoms with Crippen LogP contribution in [0.4, 0.5) is 0 Å². The summed E-state index contributed by atoms with van der Waals surface area (Å²) in [6, 6.07) is 0. The van der Waals surface area contributed by atoms with Crippen LogP contribution in [-0.4, -0.2) is 108 Å². The fourth-order valence-corrected chi connectivity index (χ4v) is 2.04. The predicted octanol–water partition coefficient (Wildman–Crippen LogP) is -0.337. The monoisotopic (exact) mass is 361 g/mol. The predicted molar refractivity (Wildman–Crippen MR) is 92.6 cm³/mol. The number of carbonyl (C=O) groups excluding carboxylic acids is 1. The molecule has 0 aromatic rings. The second-order valence-corrected chi connectivity index (χ2v) is 7.13. The van der Waals surface area contributed by atoms with Crippen molar-refractivity contribution in [3.05, 3.63) is 0 Å². The van der Waals surface area contributed by atoms with E-state index in [1.54, 1.807) is 0 Å². The van der Waals surface area contributed by atoms with Crippen LogP contribution in [0.5, 0.6) is 0 Å². The van der Waals surface area contributed by atoms with Crippen LogP contribution in [0.25, 0.3) is 0 Å². The third kappa shape index (κ3) is 14.3. The molecule has 0 heterocycles. The largest absolute Gasteiger partial charge is 0.480 e. The van der Waals surface area contributed by atoms with Crippen molar-refractivity contribution in [3.8, 4) is 0 Å². The maximum atomic E-state index is 11.7. The van der Waals surface area contributed by atoms with Crippen LogP contribution in [0.3, 0.4) is 0 Å². The second kappa shape index (κ2) is 11.0. The highest BCUT2D eigenvalue weighted by molar-refractivity contribution is 5.72. The molecule has 9 nitrogen and oxygen atoms in total. The molecule has 0 unspecified atom stereocenters. The Bertz CT molecular complexity index is 434. The molecule has 0 aromatic heterocycles. The highest BCUT2D eigenvalue weighted by Gasteiger charge is 2.18. The SMILES string of the molecule is CN(CCN(C)CC(=O)OC(C)(C)C)CCN(CC(=O)O)CC(=O)O. The molecule has 0 radical (unpaired) electrons. The van der Waals surface area contributed by atoms with Gasteiger partial charge in [0.15, 0.2) is 0 Å². The molecule has 9 heteroatoms. The Balaban J connectivity index is 4.15. The van der Waals surface area contributed by atoms with Crippen LogP contribution in [0.15, 0.2) is 0 Å². The molecule has 0 fully saturated rings. The van der Waals surface area contributed by atoms with Gasteiger partial charge in [0.2, 0.25) is 0 Å². The molecule has 146 valence electrons. The first kappa shape index (κ1) is 23.3. The minimum Gasteiger partial charge on any atom is -0.480 e. The van der Waals surface area contributed by atoms with Crippen molar-refractivity contribution in [2.75, 3.05) is 59.9 Å². The number of hydrogen-bond donors (Lipinski definition) is 2. The second-order valence-electron chi connectivity index (χ2n) is 7.13. The standard InChI is InChI=1S/C16H31N3O6/c1-16(2,3)25-15(24)12-18(5)7-6-17(4)8-9-19(10-13(20)21)11-14(22)23/h6-12H2,1-5H3,(H,20,21)(H,22,23). The van der Waals surface area contributed by atoms with E-state index in [1.807, 2.05) is 44.7 Å². The molecular weight excluding hydrogens is 330 g/mol. The van der Waals surface area contributed by atoms with E-state index in [-0.39, 0.29) is 25.6 Å². The van der Waals surface area contributed by atoms with Crippen LogP contribution in [0.1, 0.15) is 20.8 Å². The average Bonchev–Trinajstić information content (AvgIpc) is 2.39. The van der Waals surface area contributed by atoms with Gasteiger partial charge in [0.25, 0.3) is 0 Å². The van der Waals surface area contributed by atoms with Crippen molar-refractivity contribution < 1.29 is 29.3 Å². The number of likely N-dealkylation sites (N-methyl/N-ethyl adjacent to an activating group) is 2. The Morgan fingerprint density at radius 1 is 0.800 bits per heavy atom. The summed E-state index contributed by atoms with van der Waals surface area (Å²) in [6.07, 6.45) is 0. The van der Waals surface area contributed by atoms with E-state index in [9.17, 15) is 14.4 Å². The molecule has 0 aliphatic heterocycles. The minimum absolute atomic E-state index is 0.190. The van der Waals surface area contributed by atoms with Crippen LogP contribution in [0, 0.1) is 0 Å². The molecule has 0 aliphatic carbocycles.